The molecule has 4 rings (SSSR count). The van der Waals surface area contributed by atoms with E-state index in [4.69, 9.17) is 30.8 Å². The molecule has 0 radical (unpaired) electrons. The lowest BCUT2D eigenvalue weighted by molar-refractivity contribution is 0.0818. The summed E-state index contributed by atoms with van der Waals surface area (Å²) in [7, 11) is 5.20. The van der Waals surface area contributed by atoms with Crippen molar-refractivity contribution in [3.8, 4) is 17.2 Å². The van der Waals surface area contributed by atoms with Gasteiger partial charge in [0.25, 0.3) is 0 Å². The average Bonchev–Trinajstić information content (AvgIpc) is 2.80. The van der Waals surface area contributed by atoms with Gasteiger partial charge in [-0.2, -0.15) is 0 Å². The maximum Gasteiger partial charge on any atom is 0.228 e. The zero-order valence-electron chi connectivity index (χ0n) is 15.5. The van der Waals surface area contributed by atoms with Crippen molar-refractivity contribution in [2.45, 2.75) is 25.0 Å². The Balaban J connectivity index is 1.91. The molecule has 5 nitrogen and oxygen atoms in total. The number of aliphatic imine (C=N–C) groups is 1. The van der Waals surface area contributed by atoms with Gasteiger partial charge in [0.05, 0.1) is 36.6 Å². The molecule has 0 N–H and O–H groups in total. The van der Waals surface area contributed by atoms with Crippen LogP contribution in [0.1, 0.15) is 19.4 Å². The van der Waals surface area contributed by atoms with Gasteiger partial charge in [0.15, 0.2) is 11.5 Å². The third-order valence-electron chi connectivity index (χ3n) is 5.49. The quantitative estimate of drug-likeness (QED) is 0.774. The SMILES string of the molecule is COc1cc(OC)c2c(c1)OC1(C=N2)N(C)c2c(Cl)cccc2C1(C)C. The molecular weight excluding hydrogens is 352 g/mol. The van der Waals surface area contributed by atoms with Crippen LogP contribution in [0.4, 0.5) is 11.4 Å². The van der Waals surface area contributed by atoms with E-state index < -0.39 is 5.72 Å². The molecule has 1 unspecified atom stereocenters. The first-order valence-corrected chi connectivity index (χ1v) is 8.76. The molecule has 2 aromatic rings. The predicted octanol–water partition coefficient (Wildman–Crippen LogP) is 4.58. The summed E-state index contributed by atoms with van der Waals surface area (Å²) in [4.78, 5) is 6.78. The molecule has 0 saturated carbocycles. The summed E-state index contributed by atoms with van der Waals surface area (Å²) in [6.07, 6.45) is 1.85. The van der Waals surface area contributed by atoms with Gasteiger partial charge in [0.1, 0.15) is 11.4 Å². The van der Waals surface area contributed by atoms with E-state index in [2.05, 4.69) is 24.8 Å². The fourth-order valence-corrected chi connectivity index (χ4v) is 4.27. The second kappa shape index (κ2) is 5.55. The first-order valence-electron chi connectivity index (χ1n) is 8.39. The minimum absolute atomic E-state index is 0.376. The van der Waals surface area contributed by atoms with Gasteiger partial charge in [-0.15, -0.1) is 0 Å². The van der Waals surface area contributed by atoms with Crippen molar-refractivity contribution in [1.29, 1.82) is 0 Å². The van der Waals surface area contributed by atoms with E-state index in [1.165, 1.54) is 0 Å². The van der Waals surface area contributed by atoms with Crippen LogP contribution in [0.15, 0.2) is 35.3 Å². The van der Waals surface area contributed by atoms with Crippen LogP contribution >= 0.6 is 11.6 Å². The summed E-state index contributed by atoms with van der Waals surface area (Å²) in [5.41, 5.74) is 1.57. The molecule has 0 aromatic heterocycles. The standard InChI is InChI=1S/C20H21ClN2O3/c1-19(2)13-7-6-8-14(21)18(13)23(3)20(19)11-22-17-15(25-5)9-12(24-4)10-16(17)26-20/h6-11H,1-5H3. The number of rotatable bonds is 2. The van der Waals surface area contributed by atoms with Gasteiger partial charge in [0.2, 0.25) is 5.72 Å². The van der Waals surface area contributed by atoms with Gasteiger partial charge in [-0.3, -0.25) is 0 Å². The fraction of sp³-hybridized carbons (Fsp3) is 0.350. The Labute approximate surface area is 158 Å². The first-order chi connectivity index (χ1) is 12.4. The fourth-order valence-electron chi connectivity index (χ4n) is 3.97. The van der Waals surface area contributed by atoms with E-state index >= 15 is 0 Å². The molecular formula is C20H21ClN2O3. The highest BCUT2D eigenvalue weighted by molar-refractivity contribution is 6.33. The third-order valence-corrected chi connectivity index (χ3v) is 5.80. The lowest BCUT2D eigenvalue weighted by Gasteiger charge is -2.45. The number of anilines is 1. The van der Waals surface area contributed by atoms with Crippen LogP contribution in [-0.4, -0.2) is 33.2 Å². The summed E-state index contributed by atoms with van der Waals surface area (Å²) in [6.45, 7) is 4.28. The minimum Gasteiger partial charge on any atom is -0.496 e. The average molecular weight is 373 g/mol. The zero-order chi connectivity index (χ0) is 18.7. The number of halogens is 1. The van der Waals surface area contributed by atoms with Crippen molar-refractivity contribution in [3.05, 3.63) is 40.9 Å². The Morgan fingerprint density at radius 3 is 2.58 bits per heavy atom. The van der Waals surface area contributed by atoms with Crippen molar-refractivity contribution >= 4 is 29.2 Å². The number of hydrogen-bond donors (Lipinski definition) is 0. The normalized spacial score (nSPS) is 22.0. The molecule has 0 bridgehead atoms. The molecule has 0 fully saturated rings. The van der Waals surface area contributed by atoms with Crippen LogP contribution in [0.5, 0.6) is 17.2 Å². The topological polar surface area (TPSA) is 43.3 Å². The maximum atomic E-state index is 6.59. The van der Waals surface area contributed by atoms with Crippen molar-refractivity contribution in [3.63, 3.8) is 0 Å². The summed E-state index contributed by atoms with van der Waals surface area (Å²) >= 11 is 6.51. The molecule has 0 aliphatic carbocycles. The maximum absolute atomic E-state index is 6.59. The Morgan fingerprint density at radius 2 is 1.92 bits per heavy atom. The smallest absolute Gasteiger partial charge is 0.228 e. The van der Waals surface area contributed by atoms with Gasteiger partial charge < -0.3 is 19.1 Å². The van der Waals surface area contributed by atoms with E-state index in [1.54, 1.807) is 20.3 Å². The van der Waals surface area contributed by atoms with E-state index in [0.717, 1.165) is 11.3 Å². The van der Waals surface area contributed by atoms with Crippen LogP contribution < -0.4 is 19.1 Å². The van der Waals surface area contributed by atoms with Gasteiger partial charge in [-0.05, 0) is 25.5 Å². The Morgan fingerprint density at radius 1 is 1.15 bits per heavy atom. The summed E-state index contributed by atoms with van der Waals surface area (Å²) < 4.78 is 17.4. The molecule has 0 amide bonds. The zero-order valence-corrected chi connectivity index (χ0v) is 16.2. The van der Waals surface area contributed by atoms with E-state index in [-0.39, 0.29) is 5.41 Å². The van der Waals surface area contributed by atoms with Crippen LogP contribution in [0.3, 0.4) is 0 Å². The Hall–Kier alpha value is -2.40. The number of para-hydroxylation sites is 1. The molecule has 2 aromatic carbocycles. The van der Waals surface area contributed by atoms with Crippen molar-refractivity contribution in [2.75, 3.05) is 26.2 Å². The number of nitrogens with zero attached hydrogens (tertiary/aromatic N) is 2. The minimum atomic E-state index is -0.801. The van der Waals surface area contributed by atoms with Gasteiger partial charge in [-0.1, -0.05) is 23.7 Å². The highest BCUT2D eigenvalue weighted by atomic mass is 35.5. The van der Waals surface area contributed by atoms with Crippen LogP contribution in [-0.2, 0) is 5.41 Å². The molecule has 26 heavy (non-hydrogen) atoms. The molecule has 136 valence electrons. The monoisotopic (exact) mass is 372 g/mol. The molecule has 6 heteroatoms. The van der Waals surface area contributed by atoms with Gasteiger partial charge >= 0.3 is 0 Å². The van der Waals surface area contributed by atoms with Gasteiger partial charge in [-0.25, -0.2) is 4.99 Å². The van der Waals surface area contributed by atoms with Crippen molar-refractivity contribution < 1.29 is 14.2 Å². The largest absolute Gasteiger partial charge is 0.496 e. The number of benzene rings is 2. The number of fused-ring (bicyclic) bond motifs is 2. The highest BCUT2D eigenvalue weighted by Gasteiger charge is 2.59. The third kappa shape index (κ3) is 2.01. The lowest BCUT2D eigenvalue weighted by Crippen LogP contribution is -2.61. The van der Waals surface area contributed by atoms with Crippen LogP contribution in [0.2, 0.25) is 5.02 Å². The second-order valence-corrected chi connectivity index (χ2v) is 7.46. The number of hydrogen-bond acceptors (Lipinski definition) is 5. The van der Waals surface area contributed by atoms with Crippen LogP contribution in [0.25, 0.3) is 0 Å². The molecule has 0 saturated heterocycles. The van der Waals surface area contributed by atoms with E-state index in [1.807, 2.05) is 31.5 Å². The molecule has 2 aliphatic heterocycles. The number of methoxy groups -OCH3 is 2. The van der Waals surface area contributed by atoms with Crippen molar-refractivity contribution in [1.82, 2.24) is 0 Å². The molecule has 1 atom stereocenters. The van der Waals surface area contributed by atoms with Gasteiger partial charge in [0, 0.05) is 19.2 Å². The predicted molar refractivity (Wildman–Crippen MR) is 104 cm³/mol. The van der Waals surface area contributed by atoms with E-state index in [0.29, 0.717) is 28.0 Å². The summed E-state index contributed by atoms with van der Waals surface area (Å²) in [6, 6.07) is 9.59. The molecule has 1 spiro atoms. The molecule has 2 aliphatic rings. The second-order valence-electron chi connectivity index (χ2n) is 7.05. The Bertz CT molecular complexity index is 926. The summed E-state index contributed by atoms with van der Waals surface area (Å²) in [5.74, 6) is 1.88. The van der Waals surface area contributed by atoms with E-state index in [9.17, 15) is 0 Å². The summed E-state index contributed by atoms with van der Waals surface area (Å²) in [5, 5.41) is 0.695. The van der Waals surface area contributed by atoms with Crippen molar-refractivity contribution in [2.24, 2.45) is 4.99 Å². The number of likely N-dealkylation sites (N-methyl/N-ethyl adjacent to an activating group) is 1. The number of ether oxygens (including phenoxy) is 3. The first kappa shape index (κ1) is 17.0. The lowest BCUT2D eigenvalue weighted by atomic mass is 9.77. The molecule has 2 heterocycles. The van der Waals surface area contributed by atoms with Crippen LogP contribution in [0, 0.1) is 0 Å². The Kier molecular flexibility index (Phi) is 3.63. The highest BCUT2D eigenvalue weighted by Crippen LogP contribution is 2.56.